The lowest BCUT2D eigenvalue weighted by Gasteiger charge is -2.41. The highest BCUT2D eigenvalue weighted by atomic mass is 35.5. The minimum Gasteiger partial charge on any atom is -0.411 e. The SMILES string of the molecule is C[C@@H]1C(=NO)[C@H](C)[C@@H](c2ccc(Cl)cc2)N[C@@H]1c1ccc(Cl)cc1. The van der Waals surface area contributed by atoms with Crippen molar-refractivity contribution < 1.29 is 5.21 Å². The van der Waals surface area contributed by atoms with Gasteiger partial charge in [-0.3, -0.25) is 0 Å². The number of rotatable bonds is 2. The summed E-state index contributed by atoms with van der Waals surface area (Å²) in [6.45, 7) is 4.16. The molecular weight excluding hydrogens is 343 g/mol. The Morgan fingerprint density at radius 2 is 1.17 bits per heavy atom. The summed E-state index contributed by atoms with van der Waals surface area (Å²) in [4.78, 5) is 0. The smallest absolute Gasteiger partial charge is 0.0664 e. The van der Waals surface area contributed by atoms with E-state index in [0.29, 0.717) is 10.0 Å². The first kappa shape index (κ1) is 17.3. The molecule has 0 amide bonds. The molecular formula is C19H20Cl2N2O. The summed E-state index contributed by atoms with van der Waals surface area (Å²) in [6.07, 6.45) is 0. The molecule has 3 nitrogen and oxygen atoms in total. The first-order valence-electron chi connectivity index (χ1n) is 8.00. The van der Waals surface area contributed by atoms with Gasteiger partial charge in [-0.15, -0.1) is 0 Å². The Labute approximate surface area is 152 Å². The fourth-order valence-corrected chi connectivity index (χ4v) is 3.78. The third-order valence-electron chi connectivity index (χ3n) is 4.87. The maximum Gasteiger partial charge on any atom is 0.0664 e. The number of hydrogen-bond acceptors (Lipinski definition) is 3. The van der Waals surface area contributed by atoms with E-state index in [1.807, 2.05) is 48.5 Å². The molecule has 1 heterocycles. The molecule has 2 aromatic carbocycles. The highest BCUT2D eigenvalue weighted by Gasteiger charge is 2.39. The van der Waals surface area contributed by atoms with Crippen molar-refractivity contribution in [1.29, 1.82) is 0 Å². The summed E-state index contributed by atoms with van der Waals surface area (Å²) >= 11 is 12.0. The van der Waals surface area contributed by atoms with Gasteiger partial charge in [0.1, 0.15) is 0 Å². The van der Waals surface area contributed by atoms with Crippen LogP contribution in [0.5, 0.6) is 0 Å². The highest BCUT2D eigenvalue weighted by molar-refractivity contribution is 6.30. The van der Waals surface area contributed by atoms with Crippen molar-refractivity contribution in [2.45, 2.75) is 25.9 Å². The molecule has 5 heteroatoms. The van der Waals surface area contributed by atoms with E-state index in [1.165, 1.54) is 0 Å². The van der Waals surface area contributed by atoms with Gasteiger partial charge >= 0.3 is 0 Å². The zero-order valence-electron chi connectivity index (χ0n) is 13.6. The average molecular weight is 363 g/mol. The normalized spacial score (nSPS) is 28.9. The molecule has 0 aromatic heterocycles. The summed E-state index contributed by atoms with van der Waals surface area (Å²) in [6, 6.07) is 15.7. The van der Waals surface area contributed by atoms with Crippen LogP contribution in [0.25, 0.3) is 0 Å². The topological polar surface area (TPSA) is 44.6 Å². The first-order chi connectivity index (χ1) is 11.5. The third-order valence-corrected chi connectivity index (χ3v) is 5.37. The quantitative estimate of drug-likeness (QED) is 0.548. The number of halogens is 2. The number of oxime groups is 1. The third kappa shape index (κ3) is 3.30. The molecule has 4 atom stereocenters. The second kappa shape index (κ2) is 7.14. The molecule has 2 aromatic rings. The van der Waals surface area contributed by atoms with E-state index >= 15 is 0 Å². The molecule has 1 fully saturated rings. The lowest BCUT2D eigenvalue weighted by molar-refractivity contribution is 0.271. The van der Waals surface area contributed by atoms with Crippen LogP contribution < -0.4 is 5.32 Å². The van der Waals surface area contributed by atoms with E-state index in [9.17, 15) is 5.21 Å². The lowest BCUT2D eigenvalue weighted by atomic mass is 9.75. The van der Waals surface area contributed by atoms with E-state index in [2.05, 4.69) is 24.3 Å². The number of piperidine rings is 1. The Balaban J connectivity index is 1.98. The van der Waals surface area contributed by atoms with Crippen molar-refractivity contribution in [2.75, 3.05) is 0 Å². The molecule has 1 aliphatic heterocycles. The van der Waals surface area contributed by atoms with Gasteiger partial charge in [0.25, 0.3) is 0 Å². The van der Waals surface area contributed by atoms with Crippen LogP contribution in [0.2, 0.25) is 10.0 Å². The second-order valence-corrected chi connectivity index (χ2v) is 7.20. The summed E-state index contributed by atoms with van der Waals surface area (Å²) in [5.74, 6) is 0.157. The lowest BCUT2D eigenvalue weighted by Crippen LogP contribution is -2.46. The van der Waals surface area contributed by atoms with E-state index in [1.54, 1.807) is 0 Å². The van der Waals surface area contributed by atoms with Gasteiger partial charge in [0, 0.05) is 34.0 Å². The predicted octanol–water partition coefficient (Wildman–Crippen LogP) is 5.48. The Kier molecular flexibility index (Phi) is 5.14. The van der Waals surface area contributed by atoms with Gasteiger partial charge < -0.3 is 10.5 Å². The van der Waals surface area contributed by atoms with Gasteiger partial charge in [-0.05, 0) is 35.4 Å². The molecule has 3 rings (SSSR count). The fourth-order valence-electron chi connectivity index (χ4n) is 3.53. The van der Waals surface area contributed by atoms with Crippen LogP contribution in [0.1, 0.15) is 37.1 Å². The van der Waals surface area contributed by atoms with Crippen LogP contribution in [0, 0.1) is 11.8 Å². The monoisotopic (exact) mass is 362 g/mol. The van der Waals surface area contributed by atoms with Gasteiger partial charge in [-0.1, -0.05) is 66.5 Å². The molecule has 0 unspecified atom stereocenters. The van der Waals surface area contributed by atoms with E-state index < -0.39 is 0 Å². The van der Waals surface area contributed by atoms with Gasteiger partial charge in [-0.2, -0.15) is 0 Å². The van der Waals surface area contributed by atoms with Gasteiger partial charge in [0.2, 0.25) is 0 Å². The zero-order valence-corrected chi connectivity index (χ0v) is 15.1. The average Bonchev–Trinajstić information content (AvgIpc) is 2.58. The van der Waals surface area contributed by atoms with Crippen LogP contribution >= 0.6 is 23.2 Å². The molecule has 0 saturated carbocycles. The maximum atomic E-state index is 9.57. The van der Waals surface area contributed by atoms with Crippen molar-refractivity contribution in [3.05, 3.63) is 69.7 Å². The Morgan fingerprint density at radius 1 is 0.792 bits per heavy atom. The minimum atomic E-state index is 0.0463. The molecule has 1 aliphatic rings. The molecule has 0 radical (unpaired) electrons. The Hall–Kier alpha value is -1.55. The molecule has 126 valence electrons. The largest absolute Gasteiger partial charge is 0.411 e. The maximum absolute atomic E-state index is 9.57. The fraction of sp³-hybridized carbons (Fsp3) is 0.316. The predicted molar refractivity (Wildman–Crippen MR) is 99.1 cm³/mol. The van der Waals surface area contributed by atoms with E-state index in [0.717, 1.165) is 16.8 Å². The minimum absolute atomic E-state index is 0.0463. The van der Waals surface area contributed by atoms with Crippen molar-refractivity contribution >= 4 is 28.9 Å². The summed E-state index contributed by atoms with van der Waals surface area (Å²) < 4.78 is 0. The molecule has 0 bridgehead atoms. The zero-order chi connectivity index (χ0) is 17.3. The summed E-state index contributed by atoms with van der Waals surface area (Å²) in [5, 5.41) is 18.3. The number of benzene rings is 2. The van der Waals surface area contributed by atoms with Crippen molar-refractivity contribution in [2.24, 2.45) is 17.0 Å². The second-order valence-electron chi connectivity index (χ2n) is 6.33. The molecule has 0 spiro atoms. The summed E-state index contributed by atoms with van der Waals surface area (Å²) in [7, 11) is 0. The number of nitrogens with zero attached hydrogens (tertiary/aromatic N) is 1. The van der Waals surface area contributed by atoms with Crippen LogP contribution in [-0.4, -0.2) is 10.9 Å². The molecule has 1 saturated heterocycles. The van der Waals surface area contributed by atoms with Crippen molar-refractivity contribution in [3.8, 4) is 0 Å². The van der Waals surface area contributed by atoms with Crippen LogP contribution in [-0.2, 0) is 0 Å². The van der Waals surface area contributed by atoms with Gasteiger partial charge in [0.15, 0.2) is 0 Å². The molecule has 2 N–H and O–H groups in total. The highest BCUT2D eigenvalue weighted by Crippen LogP contribution is 2.39. The molecule has 24 heavy (non-hydrogen) atoms. The van der Waals surface area contributed by atoms with E-state index in [4.69, 9.17) is 23.2 Å². The van der Waals surface area contributed by atoms with Gasteiger partial charge in [0.05, 0.1) is 5.71 Å². The summed E-state index contributed by atoms with van der Waals surface area (Å²) in [5.41, 5.74) is 3.05. The van der Waals surface area contributed by atoms with Crippen LogP contribution in [0.15, 0.2) is 53.7 Å². The Bertz CT molecular complexity index is 669. The van der Waals surface area contributed by atoms with Crippen LogP contribution in [0.3, 0.4) is 0 Å². The standard InChI is InChI=1S/C19H20Cl2N2O/c1-11-17(23-24)12(2)19(14-5-9-16(21)10-6-14)22-18(11)13-3-7-15(20)8-4-13/h3-12,18-19,22,24H,1-2H3/t11-,12+,18-,19-/m0/s1. The van der Waals surface area contributed by atoms with Crippen molar-refractivity contribution in [1.82, 2.24) is 5.32 Å². The Morgan fingerprint density at radius 3 is 1.50 bits per heavy atom. The number of nitrogens with one attached hydrogen (secondary N) is 1. The number of hydrogen-bond donors (Lipinski definition) is 2. The van der Waals surface area contributed by atoms with E-state index in [-0.39, 0.29) is 23.9 Å². The van der Waals surface area contributed by atoms with Crippen LogP contribution in [0.4, 0.5) is 0 Å². The van der Waals surface area contributed by atoms with Gasteiger partial charge in [-0.25, -0.2) is 0 Å². The molecule has 0 aliphatic carbocycles. The van der Waals surface area contributed by atoms with Crippen molar-refractivity contribution in [3.63, 3.8) is 0 Å². The first-order valence-corrected chi connectivity index (χ1v) is 8.75.